The zero-order chi connectivity index (χ0) is 19.6. The number of rotatable bonds is 6. The number of hydrogen-bond acceptors (Lipinski definition) is 2. The lowest BCUT2D eigenvalue weighted by Crippen LogP contribution is -2.08. The summed E-state index contributed by atoms with van der Waals surface area (Å²) in [5.74, 6) is -0.397. The van der Waals surface area contributed by atoms with E-state index in [-0.39, 0.29) is 23.7 Å². The topological polar surface area (TPSA) is 54.4 Å². The largest absolute Gasteiger partial charge is 0.344 e. The van der Waals surface area contributed by atoms with E-state index < -0.39 is 7.37 Å². The molecule has 3 nitrogen and oxygen atoms in total. The number of aryl methyl sites for hydroxylation is 2. The van der Waals surface area contributed by atoms with Gasteiger partial charge in [-0.2, -0.15) is 0 Å². The molecule has 26 heavy (non-hydrogen) atoms. The van der Waals surface area contributed by atoms with E-state index in [1.807, 2.05) is 33.8 Å². The smallest absolute Gasteiger partial charge is 0.205 e. The Hall–Kier alpha value is -1.77. The average Bonchev–Trinajstić information content (AvgIpc) is 2.50. The number of benzene rings is 2. The lowest BCUT2D eigenvalue weighted by atomic mass is 9.91. The first-order valence-corrected chi connectivity index (χ1v) is 11.0. The summed E-state index contributed by atoms with van der Waals surface area (Å²) >= 11 is 0. The lowest BCUT2D eigenvalue weighted by molar-refractivity contribution is 0.101. The van der Waals surface area contributed by atoms with Crippen LogP contribution >= 0.6 is 7.37 Å². The van der Waals surface area contributed by atoms with E-state index in [1.165, 1.54) is 12.7 Å². The number of carbonyl (C=O) groups excluding carboxylic acids is 1. The van der Waals surface area contributed by atoms with Gasteiger partial charge in [-0.15, -0.1) is 0 Å². The molecule has 1 N–H and O–H groups in total. The molecular weight excluding hydrogens is 350 g/mol. The molecule has 0 bridgehead atoms. The fourth-order valence-electron chi connectivity index (χ4n) is 3.14. The molecule has 0 heterocycles. The zero-order valence-electron chi connectivity index (χ0n) is 16.0. The normalized spacial score (nSPS) is 13.7. The highest BCUT2D eigenvalue weighted by atomic mass is 31.2. The van der Waals surface area contributed by atoms with E-state index >= 15 is 0 Å². The second-order valence-electron chi connectivity index (χ2n) is 7.41. The second-order valence-corrected chi connectivity index (χ2v) is 9.83. The molecule has 2 aromatic carbocycles. The molecule has 0 saturated heterocycles. The number of hydrogen-bond donors (Lipinski definition) is 1. The molecule has 140 valence electrons. The summed E-state index contributed by atoms with van der Waals surface area (Å²) in [5, 5.41) is 0. The third-order valence-electron chi connectivity index (χ3n) is 4.52. The molecular formula is C21H26FO3P. The van der Waals surface area contributed by atoms with Gasteiger partial charge in [0.1, 0.15) is 5.82 Å². The van der Waals surface area contributed by atoms with Crippen LogP contribution in [-0.2, 0) is 11.0 Å². The summed E-state index contributed by atoms with van der Waals surface area (Å²) in [6.45, 7) is 8.98. The molecule has 2 rings (SSSR count). The Morgan fingerprint density at radius 1 is 1.15 bits per heavy atom. The Balaban J connectivity index is 2.33. The third-order valence-corrected chi connectivity index (χ3v) is 5.39. The molecule has 1 unspecified atom stereocenters. The molecule has 1 atom stereocenters. The van der Waals surface area contributed by atoms with Crippen LogP contribution in [0.4, 0.5) is 4.39 Å². The van der Waals surface area contributed by atoms with Crippen LogP contribution in [0.15, 0.2) is 30.3 Å². The Morgan fingerprint density at radius 2 is 1.73 bits per heavy atom. The Kier molecular flexibility index (Phi) is 6.21. The molecule has 0 spiro atoms. The van der Waals surface area contributed by atoms with Crippen molar-refractivity contribution in [3.05, 3.63) is 69.5 Å². The van der Waals surface area contributed by atoms with Crippen LogP contribution in [0.25, 0.3) is 0 Å². The van der Waals surface area contributed by atoms with Gasteiger partial charge < -0.3 is 4.89 Å². The molecule has 0 radical (unpaired) electrons. The van der Waals surface area contributed by atoms with E-state index in [2.05, 4.69) is 0 Å². The standard InChI is InChI=1S/C21H26FO3P/c1-13(2)18-10-16(6-7-20(18)22)11-19-14(3)8-17(9-15(19)4)21(23)12-26(5,24)25/h6-10,13H,11-12H2,1-5H3,(H,24,25). The molecule has 0 fully saturated rings. The molecule has 2 aromatic rings. The number of Topliss-reactive ketones (excluding diaryl/α,β-unsaturated/α-hetero) is 1. The Bertz CT molecular complexity index is 858. The van der Waals surface area contributed by atoms with Crippen molar-refractivity contribution in [1.82, 2.24) is 0 Å². The number of ketones is 1. The van der Waals surface area contributed by atoms with E-state index in [0.717, 1.165) is 22.3 Å². The minimum Gasteiger partial charge on any atom is -0.344 e. The van der Waals surface area contributed by atoms with Crippen molar-refractivity contribution in [2.24, 2.45) is 0 Å². The zero-order valence-corrected chi connectivity index (χ0v) is 16.9. The van der Waals surface area contributed by atoms with Crippen LogP contribution < -0.4 is 0 Å². The molecule has 0 aliphatic carbocycles. The van der Waals surface area contributed by atoms with Crippen LogP contribution in [0.3, 0.4) is 0 Å². The van der Waals surface area contributed by atoms with Crippen molar-refractivity contribution >= 4 is 13.2 Å². The van der Waals surface area contributed by atoms with Gasteiger partial charge in [0, 0.05) is 12.2 Å². The molecule has 0 aliphatic heterocycles. The van der Waals surface area contributed by atoms with Gasteiger partial charge in [0.15, 0.2) is 5.78 Å². The SMILES string of the molecule is Cc1cc(C(=O)CP(C)(=O)O)cc(C)c1Cc1ccc(F)c(C(C)C)c1. The predicted molar refractivity (Wildman–Crippen MR) is 104 cm³/mol. The van der Waals surface area contributed by atoms with Gasteiger partial charge in [-0.1, -0.05) is 26.0 Å². The van der Waals surface area contributed by atoms with Gasteiger partial charge >= 0.3 is 0 Å². The first-order valence-electron chi connectivity index (χ1n) is 8.69. The maximum absolute atomic E-state index is 13.9. The van der Waals surface area contributed by atoms with E-state index in [1.54, 1.807) is 18.2 Å². The Morgan fingerprint density at radius 3 is 2.23 bits per heavy atom. The quantitative estimate of drug-likeness (QED) is 0.554. The minimum atomic E-state index is -3.39. The third kappa shape index (κ3) is 5.12. The molecule has 0 amide bonds. The van der Waals surface area contributed by atoms with Crippen molar-refractivity contribution in [3.63, 3.8) is 0 Å². The fourth-order valence-corrected chi connectivity index (χ4v) is 3.86. The highest BCUT2D eigenvalue weighted by Gasteiger charge is 2.19. The number of carbonyl (C=O) groups is 1. The molecule has 0 aromatic heterocycles. The maximum Gasteiger partial charge on any atom is 0.205 e. The summed E-state index contributed by atoms with van der Waals surface area (Å²) in [5.41, 5.74) is 5.17. The highest BCUT2D eigenvalue weighted by molar-refractivity contribution is 7.58. The van der Waals surface area contributed by atoms with Gasteiger partial charge in [0.2, 0.25) is 7.37 Å². The van der Waals surface area contributed by atoms with E-state index in [9.17, 15) is 18.6 Å². The van der Waals surface area contributed by atoms with Crippen LogP contribution in [0.1, 0.15) is 57.9 Å². The van der Waals surface area contributed by atoms with E-state index in [0.29, 0.717) is 17.5 Å². The molecule has 5 heteroatoms. The summed E-state index contributed by atoms with van der Waals surface area (Å²) in [6, 6.07) is 8.74. The van der Waals surface area contributed by atoms with Crippen molar-refractivity contribution < 1.29 is 18.6 Å². The summed E-state index contributed by atoms with van der Waals surface area (Å²) < 4.78 is 25.4. The van der Waals surface area contributed by atoms with Crippen molar-refractivity contribution in [1.29, 1.82) is 0 Å². The summed E-state index contributed by atoms with van der Waals surface area (Å²) in [4.78, 5) is 21.7. The highest BCUT2D eigenvalue weighted by Crippen LogP contribution is 2.36. The van der Waals surface area contributed by atoms with Crippen molar-refractivity contribution in [3.8, 4) is 0 Å². The van der Waals surface area contributed by atoms with Gasteiger partial charge in [0.05, 0.1) is 6.16 Å². The molecule has 0 saturated carbocycles. The van der Waals surface area contributed by atoms with Crippen LogP contribution in [0, 0.1) is 19.7 Å². The van der Waals surface area contributed by atoms with Crippen LogP contribution in [0.2, 0.25) is 0 Å². The minimum absolute atomic E-state index is 0.111. The number of halogens is 1. The fraction of sp³-hybridized carbons (Fsp3) is 0.381. The van der Waals surface area contributed by atoms with E-state index in [4.69, 9.17) is 0 Å². The first kappa shape index (κ1) is 20.5. The first-order chi connectivity index (χ1) is 12.0. The lowest BCUT2D eigenvalue weighted by Gasteiger charge is -2.15. The van der Waals surface area contributed by atoms with Gasteiger partial charge in [0.25, 0.3) is 0 Å². The van der Waals surface area contributed by atoms with Crippen LogP contribution in [-0.4, -0.2) is 23.5 Å². The molecule has 0 aliphatic rings. The average molecular weight is 376 g/mol. The van der Waals surface area contributed by atoms with Crippen LogP contribution in [0.5, 0.6) is 0 Å². The summed E-state index contributed by atoms with van der Waals surface area (Å²) in [7, 11) is -3.39. The second kappa shape index (κ2) is 7.85. The Labute approximate surface area is 154 Å². The van der Waals surface area contributed by atoms with Gasteiger partial charge in [-0.3, -0.25) is 9.36 Å². The van der Waals surface area contributed by atoms with Gasteiger partial charge in [-0.25, -0.2) is 4.39 Å². The summed E-state index contributed by atoms with van der Waals surface area (Å²) in [6.07, 6.45) is 0.305. The monoisotopic (exact) mass is 376 g/mol. The predicted octanol–water partition coefficient (Wildman–Crippen LogP) is 5.24. The van der Waals surface area contributed by atoms with Gasteiger partial charge in [-0.05, 0) is 72.2 Å². The van der Waals surface area contributed by atoms with Crippen molar-refractivity contribution in [2.45, 2.75) is 40.0 Å². The maximum atomic E-state index is 13.9. The van der Waals surface area contributed by atoms with Crippen molar-refractivity contribution in [2.75, 3.05) is 12.8 Å².